The van der Waals surface area contributed by atoms with Crippen molar-refractivity contribution >= 4 is 0 Å². The van der Waals surface area contributed by atoms with E-state index in [4.69, 9.17) is 4.74 Å². The number of hydrogen-bond acceptors (Lipinski definition) is 3. The monoisotopic (exact) mass is 376 g/mol. The van der Waals surface area contributed by atoms with Gasteiger partial charge in [-0.25, -0.2) is 0 Å². The van der Waals surface area contributed by atoms with Gasteiger partial charge in [0.05, 0.1) is 6.61 Å². The Balaban J connectivity index is 1.98. The molecule has 3 aromatic carbocycles. The highest BCUT2D eigenvalue weighted by molar-refractivity contribution is 5.64. The molecule has 0 aromatic heterocycles. The van der Waals surface area contributed by atoms with E-state index in [2.05, 4.69) is 18.2 Å². The normalized spacial score (nSPS) is 12.6. The molecule has 3 aromatic rings. The van der Waals surface area contributed by atoms with Gasteiger partial charge >= 0.3 is 0 Å². The lowest BCUT2D eigenvalue weighted by atomic mass is 9.85. The molecule has 0 aliphatic rings. The van der Waals surface area contributed by atoms with E-state index in [9.17, 15) is 10.2 Å². The van der Waals surface area contributed by atoms with Gasteiger partial charge in [0, 0.05) is 0 Å². The summed E-state index contributed by atoms with van der Waals surface area (Å²) >= 11 is 0. The highest BCUT2D eigenvalue weighted by atomic mass is 16.5. The maximum atomic E-state index is 11.3. The van der Waals surface area contributed by atoms with Gasteiger partial charge < -0.3 is 14.9 Å². The number of ether oxygens (including phenoxy) is 1. The Labute approximate surface area is 167 Å². The van der Waals surface area contributed by atoms with Gasteiger partial charge in [-0.05, 0) is 53.3 Å². The fraction of sp³-hybridized carbons (Fsp3) is 0.280. The lowest BCUT2D eigenvalue weighted by molar-refractivity contribution is -0.0694. The van der Waals surface area contributed by atoms with Crippen LogP contribution in [0.5, 0.6) is 5.75 Å². The first kappa shape index (κ1) is 20.1. The summed E-state index contributed by atoms with van der Waals surface area (Å²) in [6.07, 6.45) is 0.603. The summed E-state index contributed by atoms with van der Waals surface area (Å²) in [7, 11) is 0. The minimum atomic E-state index is -1.00. The SMILES string of the molecule is CCC(O)(CC)C(Oc1cccc(-c2ccccc2)c1)c1cccc(CO)c1. The standard InChI is InChI=1S/C25H28O3/c1-3-25(27,4-2)24(22-14-8-10-19(16-22)18-26)28-23-15-9-13-21(17-23)20-11-6-5-7-12-20/h5-17,24,26-27H,3-4,18H2,1-2H3. The number of aliphatic hydroxyl groups is 2. The second-order valence-electron chi connectivity index (χ2n) is 7.11. The second kappa shape index (κ2) is 9.05. The Morgan fingerprint density at radius 1 is 0.821 bits per heavy atom. The Morgan fingerprint density at radius 3 is 2.18 bits per heavy atom. The number of hydrogen-bond donors (Lipinski definition) is 2. The van der Waals surface area contributed by atoms with Gasteiger partial charge in [0.25, 0.3) is 0 Å². The van der Waals surface area contributed by atoms with E-state index in [1.807, 2.05) is 74.5 Å². The average Bonchev–Trinajstić information content (AvgIpc) is 2.77. The number of benzene rings is 3. The van der Waals surface area contributed by atoms with E-state index >= 15 is 0 Å². The topological polar surface area (TPSA) is 49.7 Å². The zero-order chi connectivity index (χ0) is 20.0. The average molecular weight is 376 g/mol. The third-order valence-electron chi connectivity index (χ3n) is 5.34. The molecule has 0 spiro atoms. The second-order valence-corrected chi connectivity index (χ2v) is 7.11. The van der Waals surface area contributed by atoms with E-state index in [-0.39, 0.29) is 6.61 Å². The molecule has 0 aliphatic carbocycles. The largest absolute Gasteiger partial charge is 0.483 e. The Kier molecular flexibility index (Phi) is 6.50. The predicted octanol–water partition coefficient (Wildman–Crippen LogP) is 5.52. The summed E-state index contributed by atoms with van der Waals surface area (Å²) in [6.45, 7) is 3.90. The first-order valence-corrected chi connectivity index (χ1v) is 9.84. The Hall–Kier alpha value is -2.62. The van der Waals surface area contributed by atoms with Crippen molar-refractivity contribution in [1.29, 1.82) is 0 Å². The lowest BCUT2D eigenvalue weighted by Crippen LogP contribution is -2.38. The molecule has 0 bridgehead atoms. The molecule has 0 aliphatic heterocycles. The van der Waals surface area contributed by atoms with E-state index in [0.717, 1.165) is 22.3 Å². The fourth-order valence-corrected chi connectivity index (χ4v) is 3.48. The summed E-state index contributed by atoms with van der Waals surface area (Å²) in [5, 5.41) is 20.8. The van der Waals surface area contributed by atoms with Crippen LogP contribution in [0.1, 0.15) is 43.9 Å². The van der Waals surface area contributed by atoms with E-state index in [1.165, 1.54) is 0 Å². The Bertz CT molecular complexity index is 885. The van der Waals surface area contributed by atoms with Gasteiger partial charge in [0.1, 0.15) is 11.4 Å². The van der Waals surface area contributed by atoms with Crippen molar-refractivity contribution in [3.05, 3.63) is 90.0 Å². The maximum absolute atomic E-state index is 11.3. The lowest BCUT2D eigenvalue weighted by Gasteiger charge is -2.35. The van der Waals surface area contributed by atoms with Crippen LogP contribution in [0.25, 0.3) is 11.1 Å². The fourth-order valence-electron chi connectivity index (χ4n) is 3.48. The molecule has 2 N–H and O–H groups in total. The van der Waals surface area contributed by atoms with Crippen LogP contribution in [0.15, 0.2) is 78.9 Å². The zero-order valence-corrected chi connectivity index (χ0v) is 16.5. The van der Waals surface area contributed by atoms with Crippen LogP contribution < -0.4 is 4.74 Å². The van der Waals surface area contributed by atoms with Crippen molar-refractivity contribution in [1.82, 2.24) is 0 Å². The van der Waals surface area contributed by atoms with Crippen LogP contribution in [0, 0.1) is 0 Å². The highest BCUT2D eigenvalue weighted by Crippen LogP contribution is 2.37. The van der Waals surface area contributed by atoms with E-state index < -0.39 is 11.7 Å². The smallest absolute Gasteiger partial charge is 0.152 e. The molecule has 1 unspecified atom stereocenters. The van der Waals surface area contributed by atoms with Gasteiger partial charge in [-0.3, -0.25) is 0 Å². The molecule has 3 nitrogen and oxygen atoms in total. The molecule has 146 valence electrons. The van der Waals surface area contributed by atoms with Gasteiger partial charge in [0.15, 0.2) is 6.10 Å². The molecule has 3 heteroatoms. The molecule has 0 amide bonds. The first-order valence-electron chi connectivity index (χ1n) is 9.84. The number of rotatable bonds is 8. The molecular weight excluding hydrogens is 348 g/mol. The van der Waals surface area contributed by atoms with Crippen LogP contribution >= 0.6 is 0 Å². The maximum Gasteiger partial charge on any atom is 0.152 e. The van der Waals surface area contributed by atoms with Crippen LogP contribution in [0.3, 0.4) is 0 Å². The molecule has 0 heterocycles. The molecule has 3 rings (SSSR count). The first-order chi connectivity index (χ1) is 13.6. The van der Waals surface area contributed by atoms with Crippen molar-refractivity contribution in [3.63, 3.8) is 0 Å². The highest BCUT2D eigenvalue weighted by Gasteiger charge is 2.36. The van der Waals surface area contributed by atoms with Crippen molar-refractivity contribution in [3.8, 4) is 16.9 Å². The summed E-state index contributed by atoms with van der Waals surface area (Å²) in [6, 6.07) is 25.7. The summed E-state index contributed by atoms with van der Waals surface area (Å²) in [4.78, 5) is 0. The minimum absolute atomic E-state index is 0.0409. The molecule has 28 heavy (non-hydrogen) atoms. The van der Waals surface area contributed by atoms with Crippen molar-refractivity contribution in [2.24, 2.45) is 0 Å². The zero-order valence-electron chi connectivity index (χ0n) is 16.5. The van der Waals surface area contributed by atoms with Crippen LogP contribution in [0.2, 0.25) is 0 Å². The Morgan fingerprint density at radius 2 is 1.50 bits per heavy atom. The van der Waals surface area contributed by atoms with Gasteiger partial charge in [-0.2, -0.15) is 0 Å². The van der Waals surface area contributed by atoms with Gasteiger partial charge in [-0.1, -0.05) is 74.5 Å². The van der Waals surface area contributed by atoms with Crippen LogP contribution in [-0.4, -0.2) is 15.8 Å². The van der Waals surface area contributed by atoms with Crippen LogP contribution in [0.4, 0.5) is 0 Å². The van der Waals surface area contributed by atoms with Crippen molar-refractivity contribution in [2.45, 2.75) is 45.0 Å². The summed E-state index contributed by atoms with van der Waals surface area (Å²) in [5.41, 5.74) is 2.85. The predicted molar refractivity (Wildman–Crippen MR) is 113 cm³/mol. The van der Waals surface area contributed by atoms with Gasteiger partial charge in [-0.15, -0.1) is 0 Å². The molecule has 0 saturated heterocycles. The van der Waals surface area contributed by atoms with E-state index in [1.54, 1.807) is 0 Å². The third-order valence-corrected chi connectivity index (χ3v) is 5.34. The molecular formula is C25H28O3. The van der Waals surface area contributed by atoms with Crippen molar-refractivity contribution in [2.75, 3.05) is 0 Å². The molecule has 0 saturated carbocycles. The molecule has 0 radical (unpaired) electrons. The molecule has 0 fully saturated rings. The minimum Gasteiger partial charge on any atom is -0.483 e. The quantitative estimate of drug-likeness (QED) is 0.544. The number of aliphatic hydroxyl groups excluding tert-OH is 1. The van der Waals surface area contributed by atoms with Crippen LogP contribution in [-0.2, 0) is 6.61 Å². The van der Waals surface area contributed by atoms with Gasteiger partial charge in [0.2, 0.25) is 0 Å². The van der Waals surface area contributed by atoms with E-state index in [0.29, 0.717) is 18.6 Å². The van der Waals surface area contributed by atoms with Crippen molar-refractivity contribution < 1.29 is 14.9 Å². The third kappa shape index (κ3) is 4.44. The summed E-state index contributed by atoms with van der Waals surface area (Å²) < 4.78 is 6.38. The molecule has 1 atom stereocenters. The summed E-state index contributed by atoms with van der Waals surface area (Å²) in [5.74, 6) is 0.709.